The minimum absolute atomic E-state index is 0.111. The molecular formula is C10H9ClN2O2. The van der Waals surface area contributed by atoms with Crippen molar-refractivity contribution in [2.24, 2.45) is 7.05 Å². The molecule has 78 valence electrons. The van der Waals surface area contributed by atoms with Gasteiger partial charge < -0.3 is 5.11 Å². The molecule has 0 saturated heterocycles. The fourth-order valence-electron chi connectivity index (χ4n) is 1.56. The van der Waals surface area contributed by atoms with Gasteiger partial charge in [0.1, 0.15) is 0 Å². The number of hydrogen-bond acceptors (Lipinski definition) is 2. The minimum Gasteiger partial charge on any atom is -0.478 e. The highest BCUT2D eigenvalue weighted by molar-refractivity contribution is 6.38. The molecule has 0 aliphatic carbocycles. The first kappa shape index (κ1) is 9.98. The number of halogens is 1. The summed E-state index contributed by atoms with van der Waals surface area (Å²) >= 11 is 6.02. The van der Waals surface area contributed by atoms with E-state index in [2.05, 4.69) is 5.10 Å². The number of rotatable bonds is 1. The number of aryl methyl sites for hydroxylation is 2. The summed E-state index contributed by atoms with van der Waals surface area (Å²) in [6, 6.07) is 3.14. The van der Waals surface area contributed by atoms with Crippen molar-refractivity contribution in [3.05, 3.63) is 28.4 Å². The molecule has 0 unspecified atom stereocenters. The monoisotopic (exact) mass is 224 g/mol. The molecule has 2 rings (SSSR count). The van der Waals surface area contributed by atoms with E-state index in [-0.39, 0.29) is 10.6 Å². The predicted molar refractivity (Wildman–Crippen MR) is 57.4 cm³/mol. The highest BCUT2D eigenvalue weighted by Gasteiger charge is 2.15. The number of fused-ring (bicyclic) bond motifs is 1. The summed E-state index contributed by atoms with van der Waals surface area (Å²) in [4.78, 5) is 10.9. The fraction of sp³-hybridized carbons (Fsp3) is 0.200. The normalized spacial score (nSPS) is 10.9. The van der Waals surface area contributed by atoms with Crippen LogP contribution in [0.3, 0.4) is 0 Å². The summed E-state index contributed by atoms with van der Waals surface area (Å²) in [5, 5.41) is 14.1. The average molecular weight is 225 g/mol. The summed E-state index contributed by atoms with van der Waals surface area (Å²) in [5.74, 6) is -1.02. The van der Waals surface area contributed by atoms with E-state index in [0.717, 1.165) is 5.69 Å². The molecule has 0 aliphatic rings. The van der Waals surface area contributed by atoms with Gasteiger partial charge in [-0.1, -0.05) is 11.6 Å². The van der Waals surface area contributed by atoms with Crippen LogP contribution in [0.15, 0.2) is 12.1 Å². The first-order valence-corrected chi connectivity index (χ1v) is 4.75. The maximum Gasteiger partial charge on any atom is 0.337 e. The molecule has 0 aliphatic heterocycles. The number of aromatic nitrogens is 2. The van der Waals surface area contributed by atoms with Crippen molar-refractivity contribution in [2.45, 2.75) is 6.92 Å². The standard InChI is InChI=1S/C10H9ClN2O2/c1-5-8-7(12-13(5)2)4-3-6(9(8)11)10(14)15/h3-4H,1-2H3,(H,14,15). The zero-order valence-corrected chi connectivity index (χ0v) is 9.04. The second-order valence-electron chi connectivity index (χ2n) is 3.34. The molecule has 1 heterocycles. The Morgan fingerprint density at radius 1 is 1.53 bits per heavy atom. The van der Waals surface area contributed by atoms with Crippen molar-refractivity contribution in [1.29, 1.82) is 0 Å². The first-order chi connectivity index (χ1) is 7.02. The van der Waals surface area contributed by atoms with E-state index in [1.165, 1.54) is 6.07 Å². The van der Waals surface area contributed by atoms with Crippen molar-refractivity contribution in [1.82, 2.24) is 9.78 Å². The maximum absolute atomic E-state index is 10.9. The van der Waals surface area contributed by atoms with Crippen LogP contribution in [-0.4, -0.2) is 20.9 Å². The maximum atomic E-state index is 10.9. The van der Waals surface area contributed by atoms with Gasteiger partial charge in [-0.3, -0.25) is 4.68 Å². The van der Waals surface area contributed by atoms with E-state index in [1.807, 2.05) is 6.92 Å². The molecule has 0 bridgehead atoms. The van der Waals surface area contributed by atoms with Crippen LogP contribution in [0, 0.1) is 6.92 Å². The summed E-state index contributed by atoms with van der Waals surface area (Å²) < 4.78 is 1.68. The van der Waals surface area contributed by atoms with Gasteiger partial charge in [-0.05, 0) is 19.1 Å². The van der Waals surface area contributed by atoms with E-state index >= 15 is 0 Å². The Balaban J connectivity index is 2.88. The molecule has 4 nitrogen and oxygen atoms in total. The molecule has 0 amide bonds. The van der Waals surface area contributed by atoms with Crippen LogP contribution in [0.25, 0.3) is 10.9 Å². The molecule has 0 atom stereocenters. The Morgan fingerprint density at radius 3 is 2.80 bits per heavy atom. The highest BCUT2D eigenvalue weighted by atomic mass is 35.5. The Labute approximate surface area is 91.1 Å². The van der Waals surface area contributed by atoms with Gasteiger partial charge in [0.2, 0.25) is 0 Å². The number of benzene rings is 1. The van der Waals surface area contributed by atoms with Gasteiger partial charge in [0.05, 0.1) is 16.1 Å². The Bertz CT molecular complexity index is 560. The van der Waals surface area contributed by atoms with Gasteiger partial charge in [0.15, 0.2) is 0 Å². The molecule has 2 aromatic rings. The molecule has 0 fully saturated rings. The quantitative estimate of drug-likeness (QED) is 0.808. The smallest absolute Gasteiger partial charge is 0.337 e. The van der Waals surface area contributed by atoms with E-state index in [0.29, 0.717) is 10.9 Å². The lowest BCUT2D eigenvalue weighted by Crippen LogP contribution is -1.97. The van der Waals surface area contributed by atoms with Gasteiger partial charge in [-0.25, -0.2) is 4.79 Å². The average Bonchev–Trinajstić information content (AvgIpc) is 2.43. The van der Waals surface area contributed by atoms with Crippen LogP contribution in [-0.2, 0) is 7.05 Å². The highest BCUT2D eigenvalue weighted by Crippen LogP contribution is 2.29. The molecule has 1 aromatic carbocycles. The van der Waals surface area contributed by atoms with E-state index < -0.39 is 5.97 Å². The van der Waals surface area contributed by atoms with Crippen LogP contribution in [0.1, 0.15) is 16.1 Å². The van der Waals surface area contributed by atoms with E-state index in [1.54, 1.807) is 17.8 Å². The largest absolute Gasteiger partial charge is 0.478 e. The lowest BCUT2D eigenvalue weighted by Gasteiger charge is -2.00. The van der Waals surface area contributed by atoms with Crippen LogP contribution in [0.5, 0.6) is 0 Å². The Morgan fingerprint density at radius 2 is 2.20 bits per heavy atom. The number of carboxylic acids is 1. The lowest BCUT2D eigenvalue weighted by atomic mass is 10.1. The summed E-state index contributed by atoms with van der Waals surface area (Å²) in [6.45, 7) is 1.85. The van der Waals surface area contributed by atoms with Gasteiger partial charge in [0.25, 0.3) is 0 Å². The number of carboxylic acid groups (broad SMARTS) is 1. The second kappa shape index (κ2) is 3.24. The third-order valence-electron chi connectivity index (χ3n) is 2.46. The Kier molecular flexibility index (Phi) is 2.16. The summed E-state index contributed by atoms with van der Waals surface area (Å²) in [6.07, 6.45) is 0. The molecule has 1 aromatic heterocycles. The van der Waals surface area contributed by atoms with E-state index in [4.69, 9.17) is 16.7 Å². The summed E-state index contributed by atoms with van der Waals surface area (Å²) in [5.41, 5.74) is 1.68. The zero-order chi connectivity index (χ0) is 11.2. The molecule has 0 radical (unpaired) electrons. The molecule has 0 spiro atoms. The topological polar surface area (TPSA) is 55.1 Å². The third kappa shape index (κ3) is 1.37. The van der Waals surface area contributed by atoms with Gasteiger partial charge in [-0.2, -0.15) is 5.10 Å². The lowest BCUT2D eigenvalue weighted by molar-refractivity contribution is 0.0697. The van der Waals surface area contributed by atoms with Crippen LogP contribution < -0.4 is 0 Å². The number of nitrogens with zero attached hydrogens (tertiary/aromatic N) is 2. The fourth-order valence-corrected chi connectivity index (χ4v) is 1.93. The predicted octanol–water partition coefficient (Wildman–Crippen LogP) is 2.23. The van der Waals surface area contributed by atoms with Crippen LogP contribution in [0.4, 0.5) is 0 Å². The van der Waals surface area contributed by atoms with Crippen LogP contribution >= 0.6 is 11.6 Å². The SMILES string of the molecule is Cc1c2c(Cl)c(C(=O)O)ccc2nn1C. The molecule has 0 saturated carbocycles. The molecule has 1 N–H and O–H groups in total. The van der Waals surface area contributed by atoms with Crippen molar-refractivity contribution < 1.29 is 9.90 Å². The van der Waals surface area contributed by atoms with Crippen molar-refractivity contribution in [2.75, 3.05) is 0 Å². The van der Waals surface area contributed by atoms with Crippen LogP contribution in [0.2, 0.25) is 5.02 Å². The Hall–Kier alpha value is -1.55. The number of carbonyl (C=O) groups is 1. The number of aromatic carboxylic acids is 1. The minimum atomic E-state index is -1.02. The van der Waals surface area contributed by atoms with Crippen molar-refractivity contribution >= 4 is 28.5 Å². The van der Waals surface area contributed by atoms with Gasteiger partial charge in [-0.15, -0.1) is 0 Å². The second-order valence-corrected chi connectivity index (χ2v) is 3.71. The molecule has 5 heteroatoms. The molecule has 15 heavy (non-hydrogen) atoms. The third-order valence-corrected chi connectivity index (χ3v) is 2.85. The summed E-state index contributed by atoms with van der Waals surface area (Å²) in [7, 11) is 1.80. The molecular weight excluding hydrogens is 216 g/mol. The zero-order valence-electron chi connectivity index (χ0n) is 8.28. The number of hydrogen-bond donors (Lipinski definition) is 1. The van der Waals surface area contributed by atoms with Gasteiger partial charge in [0, 0.05) is 18.1 Å². The van der Waals surface area contributed by atoms with Crippen molar-refractivity contribution in [3.63, 3.8) is 0 Å². The first-order valence-electron chi connectivity index (χ1n) is 4.37. The van der Waals surface area contributed by atoms with Gasteiger partial charge >= 0.3 is 5.97 Å². The van der Waals surface area contributed by atoms with E-state index in [9.17, 15) is 4.79 Å². The van der Waals surface area contributed by atoms with Crippen molar-refractivity contribution in [3.8, 4) is 0 Å².